The fourth-order valence-electron chi connectivity index (χ4n) is 2.24. The summed E-state index contributed by atoms with van der Waals surface area (Å²) in [5, 5.41) is 2.58. The van der Waals surface area contributed by atoms with Gasteiger partial charge in [-0.25, -0.2) is 13.1 Å². The van der Waals surface area contributed by atoms with Crippen LogP contribution in [0.15, 0.2) is 21.6 Å². The number of furan rings is 1. The zero-order valence-corrected chi connectivity index (χ0v) is 16.3. The van der Waals surface area contributed by atoms with Gasteiger partial charge in [0.25, 0.3) is 15.9 Å². The van der Waals surface area contributed by atoms with E-state index in [-0.39, 0.29) is 16.9 Å². The first kappa shape index (κ1) is 20.7. The lowest BCUT2D eigenvalue weighted by atomic mass is 10.0. The molecule has 2 N–H and O–H groups in total. The molecule has 6 nitrogen and oxygen atoms in total. The van der Waals surface area contributed by atoms with Crippen molar-refractivity contribution in [2.75, 3.05) is 0 Å². The summed E-state index contributed by atoms with van der Waals surface area (Å²) in [6.45, 7) is 11.5. The third kappa shape index (κ3) is 7.05. The van der Waals surface area contributed by atoms with E-state index in [1.807, 2.05) is 6.92 Å². The predicted molar refractivity (Wildman–Crippen MR) is 94.4 cm³/mol. The van der Waals surface area contributed by atoms with Crippen LogP contribution in [0.5, 0.6) is 0 Å². The van der Waals surface area contributed by atoms with E-state index in [2.05, 4.69) is 23.9 Å². The number of nitrogens with one attached hydrogen (secondary N) is 2. The maximum atomic E-state index is 12.2. The summed E-state index contributed by atoms with van der Waals surface area (Å²) in [6.07, 6.45) is 3.02. The van der Waals surface area contributed by atoms with E-state index in [1.165, 1.54) is 12.1 Å². The summed E-state index contributed by atoms with van der Waals surface area (Å²) in [7, 11) is -3.78. The Morgan fingerprint density at radius 3 is 2.33 bits per heavy atom. The largest absolute Gasteiger partial charge is 0.438 e. The fourth-order valence-corrected chi connectivity index (χ4v) is 3.59. The third-order valence-corrected chi connectivity index (χ3v) is 4.94. The van der Waals surface area contributed by atoms with E-state index in [4.69, 9.17) is 4.42 Å². The molecule has 24 heavy (non-hydrogen) atoms. The van der Waals surface area contributed by atoms with Gasteiger partial charge in [0, 0.05) is 11.6 Å². The molecule has 0 radical (unpaired) electrons. The molecule has 0 fully saturated rings. The van der Waals surface area contributed by atoms with Crippen molar-refractivity contribution in [3.05, 3.63) is 17.9 Å². The molecule has 7 heteroatoms. The highest BCUT2D eigenvalue weighted by Crippen LogP contribution is 2.17. The monoisotopic (exact) mass is 358 g/mol. The first-order valence-electron chi connectivity index (χ1n) is 8.35. The standard InChI is InChI=1S/C17H30N2O4S/c1-12(2)8-7-9-13(3)18-16(20)14-10-11-15(23-14)24(21,22)19-17(4,5)6/h10-13,19H,7-9H2,1-6H3,(H,18,20). The molecule has 0 spiro atoms. The van der Waals surface area contributed by atoms with Crippen molar-refractivity contribution in [3.63, 3.8) is 0 Å². The Balaban J connectivity index is 2.66. The number of sulfonamides is 1. The van der Waals surface area contributed by atoms with Crippen LogP contribution < -0.4 is 10.0 Å². The smallest absolute Gasteiger partial charge is 0.287 e. The second kappa shape index (κ2) is 8.16. The van der Waals surface area contributed by atoms with Crippen molar-refractivity contribution in [2.45, 2.75) is 77.5 Å². The highest BCUT2D eigenvalue weighted by Gasteiger charge is 2.26. The van der Waals surface area contributed by atoms with Crippen LogP contribution in [0.25, 0.3) is 0 Å². The van der Waals surface area contributed by atoms with Gasteiger partial charge in [0.1, 0.15) is 0 Å². The second-order valence-corrected chi connectivity index (χ2v) is 9.29. The summed E-state index contributed by atoms with van der Waals surface area (Å²) in [5.74, 6) is 0.241. The molecule has 1 rings (SSSR count). The maximum Gasteiger partial charge on any atom is 0.287 e. The van der Waals surface area contributed by atoms with Crippen molar-refractivity contribution in [1.29, 1.82) is 0 Å². The van der Waals surface area contributed by atoms with Crippen molar-refractivity contribution in [3.8, 4) is 0 Å². The topological polar surface area (TPSA) is 88.4 Å². The van der Waals surface area contributed by atoms with Gasteiger partial charge in [-0.05, 0) is 52.2 Å². The Morgan fingerprint density at radius 1 is 1.17 bits per heavy atom. The van der Waals surface area contributed by atoms with E-state index < -0.39 is 21.5 Å². The Labute approximate surface area is 145 Å². The summed E-state index contributed by atoms with van der Waals surface area (Å²) in [6, 6.07) is 2.69. The van der Waals surface area contributed by atoms with Crippen LogP contribution in [0.3, 0.4) is 0 Å². The lowest BCUT2D eigenvalue weighted by Gasteiger charge is -2.19. The van der Waals surface area contributed by atoms with Gasteiger partial charge in [0.05, 0.1) is 0 Å². The van der Waals surface area contributed by atoms with Gasteiger partial charge in [-0.2, -0.15) is 0 Å². The number of hydrogen-bond donors (Lipinski definition) is 2. The van der Waals surface area contributed by atoms with Crippen LogP contribution in [0.4, 0.5) is 0 Å². The molecule has 138 valence electrons. The third-order valence-electron chi connectivity index (χ3n) is 3.31. The molecule has 0 saturated carbocycles. The summed E-state index contributed by atoms with van der Waals surface area (Å²) < 4.78 is 32.1. The zero-order chi connectivity index (χ0) is 18.5. The Morgan fingerprint density at radius 2 is 1.79 bits per heavy atom. The minimum Gasteiger partial charge on any atom is -0.438 e. The molecule has 1 atom stereocenters. The van der Waals surface area contributed by atoms with Gasteiger partial charge in [0.2, 0.25) is 5.09 Å². The molecular weight excluding hydrogens is 328 g/mol. The summed E-state index contributed by atoms with van der Waals surface area (Å²) >= 11 is 0. The first-order valence-corrected chi connectivity index (χ1v) is 9.84. The van der Waals surface area contributed by atoms with Gasteiger partial charge in [-0.15, -0.1) is 0 Å². The lowest BCUT2D eigenvalue weighted by Crippen LogP contribution is -2.40. The lowest BCUT2D eigenvalue weighted by molar-refractivity contribution is 0.0904. The van der Waals surface area contributed by atoms with Crippen LogP contribution in [-0.2, 0) is 10.0 Å². The Bertz CT molecular complexity index is 642. The van der Waals surface area contributed by atoms with E-state index in [0.29, 0.717) is 5.92 Å². The van der Waals surface area contributed by atoms with Crippen LogP contribution in [0.1, 0.15) is 71.4 Å². The Hall–Kier alpha value is -1.34. The van der Waals surface area contributed by atoms with Crippen molar-refractivity contribution >= 4 is 15.9 Å². The normalized spacial score (nSPS) is 14.0. The summed E-state index contributed by atoms with van der Waals surface area (Å²) in [5.41, 5.74) is -0.626. The Kier molecular flexibility index (Phi) is 7.04. The SMILES string of the molecule is CC(C)CCCC(C)NC(=O)c1ccc(S(=O)(=O)NC(C)(C)C)o1. The van der Waals surface area contributed by atoms with Crippen LogP contribution in [0, 0.1) is 5.92 Å². The van der Waals surface area contributed by atoms with Gasteiger partial charge >= 0.3 is 0 Å². The number of carbonyl (C=O) groups is 1. The summed E-state index contributed by atoms with van der Waals surface area (Å²) in [4.78, 5) is 12.2. The van der Waals surface area contributed by atoms with Gasteiger partial charge in [0.15, 0.2) is 5.76 Å². The molecule has 1 aromatic heterocycles. The predicted octanol–water partition coefficient (Wildman–Crippen LogP) is 3.30. The molecular formula is C17H30N2O4S. The van der Waals surface area contributed by atoms with Crippen LogP contribution in [-0.4, -0.2) is 25.9 Å². The molecule has 0 aromatic carbocycles. The molecule has 0 saturated heterocycles. The van der Waals surface area contributed by atoms with Crippen LogP contribution in [0.2, 0.25) is 0 Å². The van der Waals surface area contributed by atoms with E-state index in [0.717, 1.165) is 19.3 Å². The van der Waals surface area contributed by atoms with Gasteiger partial charge in [-0.1, -0.05) is 26.7 Å². The van der Waals surface area contributed by atoms with Crippen molar-refractivity contribution < 1.29 is 17.6 Å². The quantitative estimate of drug-likeness (QED) is 0.746. The molecule has 0 bridgehead atoms. The highest BCUT2D eigenvalue weighted by molar-refractivity contribution is 7.89. The molecule has 0 aliphatic carbocycles. The molecule has 1 aromatic rings. The van der Waals surface area contributed by atoms with Gasteiger partial charge < -0.3 is 9.73 Å². The number of amides is 1. The van der Waals surface area contributed by atoms with E-state index in [9.17, 15) is 13.2 Å². The van der Waals surface area contributed by atoms with Crippen LogP contribution >= 0.6 is 0 Å². The maximum absolute atomic E-state index is 12.2. The first-order chi connectivity index (χ1) is 10.9. The number of rotatable bonds is 8. The number of hydrogen-bond acceptors (Lipinski definition) is 4. The molecule has 1 heterocycles. The van der Waals surface area contributed by atoms with Crippen molar-refractivity contribution in [2.24, 2.45) is 5.92 Å². The molecule has 0 aliphatic rings. The average Bonchev–Trinajstić information content (AvgIpc) is 2.85. The zero-order valence-electron chi connectivity index (χ0n) is 15.5. The fraction of sp³-hybridized carbons (Fsp3) is 0.706. The molecule has 1 unspecified atom stereocenters. The average molecular weight is 359 g/mol. The van der Waals surface area contributed by atoms with Crippen molar-refractivity contribution in [1.82, 2.24) is 10.0 Å². The number of carbonyl (C=O) groups excluding carboxylic acids is 1. The van der Waals surface area contributed by atoms with E-state index in [1.54, 1.807) is 20.8 Å². The van der Waals surface area contributed by atoms with Gasteiger partial charge in [-0.3, -0.25) is 4.79 Å². The van der Waals surface area contributed by atoms with E-state index >= 15 is 0 Å². The minimum absolute atomic E-state index is 0.00000577. The molecule has 1 amide bonds. The molecule has 0 aliphatic heterocycles. The minimum atomic E-state index is -3.78. The highest BCUT2D eigenvalue weighted by atomic mass is 32.2. The second-order valence-electron chi connectivity index (χ2n) is 7.67.